The Bertz CT molecular complexity index is 595. The molecule has 2 heterocycles. The van der Waals surface area contributed by atoms with Gasteiger partial charge in [-0.25, -0.2) is 0 Å². The Morgan fingerprint density at radius 3 is 2.92 bits per heavy atom. The molecule has 0 bridgehead atoms. The first-order valence-corrected chi connectivity index (χ1v) is 10.3. The van der Waals surface area contributed by atoms with Crippen LogP contribution in [0.25, 0.3) is 0 Å². The topological polar surface area (TPSA) is 50.4 Å². The molecule has 2 saturated heterocycles. The highest BCUT2D eigenvalue weighted by molar-refractivity contribution is 6.30. The van der Waals surface area contributed by atoms with Crippen molar-refractivity contribution in [3.05, 3.63) is 34.9 Å². The Kier molecular flexibility index (Phi) is 6.96. The van der Waals surface area contributed by atoms with Crippen molar-refractivity contribution in [3.8, 4) is 0 Å². The highest BCUT2D eigenvalue weighted by atomic mass is 35.5. The Morgan fingerprint density at radius 1 is 1.42 bits per heavy atom. The Hall–Kier alpha value is -1.10. The molecule has 1 aromatic rings. The molecular formula is C21H31ClN2O2. The molecule has 2 aliphatic rings. The second-order valence-corrected chi connectivity index (χ2v) is 8.40. The number of rotatable bonds is 6. The number of carbonyl (C=O) groups is 1. The minimum atomic E-state index is -0.0750. The number of piperidine rings is 1. The number of carbonyl (C=O) groups excluding carboxylic acids is 1. The van der Waals surface area contributed by atoms with Gasteiger partial charge in [0.1, 0.15) is 0 Å². The van der Waals surface area contributed by atoms with E-state index in [4.69, 9.17) is 16.3 Å². The summed E-state index contributed by atoms with van der Waals surface area (Å²) in [7, 11) is 0. The zero-order chi connectivity index (χ0) is 18.4. The Balaban J connectivity index is 1.60. The van der Waals surface area contributed by atoms with E-state index in [2.05, 4.69) is 23.6 Å². The van der Waals surface area contributed by atoms with Crippen molar-refractivity contribution >= 4 is 17.5 Å². The number of hydrogen-bond donors (Lipinski definition) is 2. The van der Waals surface area contributed by atoms with E-state index in [1.807, 2.05) is 18.2 Å². The first-order valence-electron chi connectivity index (χ1n) is 9.90. The van der Waals surface area contributed by atoms with Crippen LogP contribution in [0, 0.1) is 11.8 Å². The number of amides is 1. The molecule has 0 saturated carbocycles. The Labute approximate surface area is 162 Å². The van der Waals surface area contributed by atoms with E-state index in [0.29, 0.717) is 24.8 Å². The fraction of sp³-hybridized carbons (Fsp3) is 0.667. The van der Waals surface area contributed by atoms with Crippen LogP contribution in [0.3, 0.4) is 0 Å². The molecule has 144 valence electrons. The van der Waals surface area contributed by atoms with Crippen molar-refractivity contribution in [2.24, 2.45) is 11.8 Å². The van der Waals surface area contributed by atoms with Crippen LogP contribution in [0.2, 0.25) is 5.02 Å². The van der Waals surface area contributed by atoms with Gasteiger partial charge in [0.15, 0.2) is 0 Å². The zero-order valence-corrected chi connectivity index (χ0v) is 16.5. The van der Waals surface area contributed by atoms with Gasteiger partial charge in [0.25, 0.3) is 0 Å². The van der Waals surface area contributed by atoms with Gasteiger partial charge in [-0.05, 0) is 68.3 Å². The van der Waals surface area contributed by atoms with Crippen LogP contribution in [-0.2, 0) is 14.9 Å². The molecular weight excluding hydrogens is 348 g/mol. The van der Waals surface area contributed by atoms with Gasteiger partial charge < -0.3 is 15.4 Å². The van der Waals surface area contributed by atoms with Crippen molar-refractivity contribution in [1.82, 2.24) is 10.6 Å². The number of halogens is 1. The molecule has 1 aromatic carbocycles. The number of nitrogens with one attached hydrogen (secondary N) is 2. The molecule has 2 N–H and O–H groups in total. The van der Waals surface area contributed by atoms with Crippen molar-refractivity contribution in [2.75, 3.05) is 32.8 Å². The first kappa shape index (κ1) is 19.7. The lowest BCUT2D eigenvalue weighted by molar-refractivity contribution is -0.122. The molecule has 0 aromatic heterocycles. The lowest BCUT2D eigenvalue weighted by Gasteiger charge is -2.38. The van der Waals surface area contributed by atoms with Crippen LogP contribution in [-0.4, -0.2) is 38.8 Å². The number of benzene rings is 1. The van der Waals surface area contributed by atoms with Crippen molar-refractivity contribution in [3.63, 3.8) is 0 Å². The molecule has 4 nitrogen and oxygen atoms in total. The third-order valence-corrected chi connectivity index (χ3v) is 6.39. The summed E-state index contributed by atoms with van der Waals surface area (Å²) in [6.45, 7) is 6.47. The maximum absolute atomic E-state index is 12.6. The van der Waals surface area contributed by atoms with Gasteiger partial charge >= 0.3 is 0 Å². The van der Waals surface area contributed by atoms with E-state index in [-0.39, 0.29) is 11.3 Å². The maximum Gasteiger partial charge on any atom is 0.220 e. The monoisotopic (exact) mass is 378 g/mol. The van der Waals surface area contributed by atoms with Gasteiger partial charge in [-0.3, -0.25) is 4.79 Å². The maximum atomic E-state index is 12.6. The van der Waals surface area contributed by atoms with E-state index >= 15 is 0 Å². The van der Waals surface area contributed by atoms with Crippen LogP contribution in [0.5, 0.6) is 0 Å². The first-order chi connectivity index (χ1) is 12.6. The minimum absolute atomic E-state index is 0.0750. The highest BCUT2D eigenvalue weighted by Gasteiger charge is 2.35. The normalized spacial score (nSPS) is 24.0. The number of hydrogen-bond acceptors (Lipinski definition) is 3. The fourth-order valence-corrected chi connectivity index (χ4v) is 4.50. The van der Waals surface area contributed by atoms with Crippen molar-refractivity contribution in [1.29, 1.82) is 0 Å². The van der Waals surface area contributed by atoms with E-state index < -0.39 is 0 Å². The molecule has 0 spiro atoms. The summed E-state index contributed by atoms with van der Waals surface area (Å²) in [6, 6.07) is 8.06. The quantitative estimate of drug-likeness (QED) is 0.796. The minimum Gasteiger partial charge on any atom is -0.381 e. The van der Waals surface area contributed by atoms with Crippen LogP contribution in [0.15, 0.2) is 24.3 Å². The van der Waals surface area contributed by atoms with Gasteiger partial charge in [-0.15, -0.1) is 0 Å². The van der Waals surface area contributed by atoms with Crippen molar-refractivity contribution < 1.29 is 9.53 Å². The zero-order valence-electron chi connectivity index (χ0n) is 15.7. The summed E-state index contributed by atoms with van der Waals surface area (Å²) in [4.78, 5) is 12.6. The molecule has 2 atom stereocenters. The van der Waals surface area contributed by atoms with E-state index in [1.165, 1.54) is 18.4 Å². The molecule has 0 aliphatic carbocycles. The average Bonchev–Trinajstić information content (AvgIpc) is 2.68. The molecule has 2 unspecified atom stereocenters. The standard InChI is InChI=1S/C21H31ClN2O2/c1-16(17-4-3-9-23-14-17)12-20(25)24-15-21(7-10-26-11-8-21)18-5-2-6-19(22)13-18/h2,5-6,13,16-17,23H,3-4,7-12,14-15H2,1H3,(H,24,25). The van der Waals surface area contributed by atoms with Crippen LogP contribution in [0.4, 0.5) is 0 Å². The molecule has 26 heavy (non-hydrogen) atoms. The predicted molar refractivity (Wildman–Crippen MR) is 106 cm³/mol. The molecule has 0 radical (unpaired) electrons. The van der Waals surface area contributed by atoms with Crippen LogP contribution in [0.1, 0.15) is 44.6 Å². The summed E-state index contributed by atoms with van der Waals surface area (Å²) in [5, 5.41) is 7.42. The third kappa shape index (κ3) is 4.99. The predicted octanol–water partition coefficient (Wildman–Crippen LogP) is 3.53. The SMILES string of the molecule is CC(CC(=O)NCC1(c2cccc(Cl)c2)CCOCC1)C1CCCNC1. The van der Waals surface area contributed by atoms with Gasteiger partial charge in [-0.2, -0.15) is 0 Å². The average molecular weight is 379 g/mol. The summed E-state index contributed by atoms with van der Waals surface area (Å²) in [5.41, 5.74) is 1.13. The largest absolute Gasteiger partial charge is 0.381 e. The summed E-state index contributed by atoms with van der Waals surface area (Å²) >= 11 is 6.22. The van der Waals surface area contributed by atoms with Gasteiger partial charge in [0, 0.05) is 36.6 Å². The van der Waals surface area contributed by atoms with Gasteiger partial charge in [-0.1, -0.05) is 30.7 Å². The molecule has 2 aliphatic heterocycles. The summed E-state index contributed by atoms with van der Waals surface area (Å²) in [5.74, 6) is 1.19. The molecule has 1 amide bonds. The smallest absolute Gasteiger partial charge is 0.220 e. The summed E-state index contributed by atoms with van der Waals surface area (Å²) in [6.07, 6.45) is 4.87. The fourth-order valence-electron chi connectivity index (χ4n) is 4.31. The lowest BCUT2D eigenvalue weighted by Crippen LogP contribution is -2.45. The lowest BCUT2D eigenvalue weighted by atomic mass is 9.74. The molecule has 3 rings (SSSR count). The number of ether oxygens (including phenoxy) is 1. The van der Waals surface area contributed by atoms with Gasteiger partial charge in [0.2, 0.25) is 5.91 Å². The van der Waals surface area contributed by atoms with E-state index in [9.17, 15) is 4.79 Å². The van der Waals surface area contributed by atoms with Crippen LogP contribution >= 0.6 is 11.6 Å². The van der Waals surface area contributed by atoms with Gasteiger partial charge in [0.05, 0.1) is 0 Å². The van der Waals surface area contributed by atoms with Crippen LogP contribution < -0.4 is 10.6 Å². The molecule has 5 heteroatoms. The third-order valence-electron chi connectivity index (χ3n) is 6.16. The van der Waals surface area contributed by atoms with E-state index in [1.54, 1.807) is 0 Å². The second-order valence-electron chi connectivity index (χ2n) is 7.97. The highest BCUT2D eigenvalue weighted by Crippen LogP contribution is 2.35. The summed E-state index contributed by atoms with van der Waals surface area (Å²) < 4.78 is 5.57. The second kappa shape index (κ2) is 9.20. The molecule has 2 fully saturated rings. The van der Waals surface area contributed by atoms with Crippen molar-refractivity contribution in [2.45, 2.75) is 44.4 Å². The Morgan fingerprint density at radius 2 is 2.23 bits per heavy atom. The van der Waals surface area contributed by atoms with E-state index in [0.717, 1.165) is 44.2 Å².